The first-order valence-electron chi connectivity index (χ1n) is 7.65. The van der Waals surface area contributed by atoms with E-state index in [-0.39, 0.29) is 0 Å². The second kappa shape index (κ2) is 4.54. The first-order valence-corrected chi connectivity index (χ1v) is 7.65. The fourth-order valence-electron chi connectivity index (χ4n) is 3.56. The van der Waals surface area contributed by atoms with E-state index in [0.29, 0.717) is 10.8 Å². The van der Waals surface area contributed by atoms with Crippen molar-refractivity contribution in [2.24, 2.45) is 22.7 Å². The van der Waals surface area contributed by atoms with Crippen molar-refractivity contribution >= 4 is 0 Å². The smallest absolute Gasteiger partial charge is 0.00340 e. The van der Waals surface area contributed by atoms with Crippen LogP contribution < -0.4 is 0 Å². The molecule has 0 N–H and O–H groups in total. The fraction of sp³-hybridized carbons (Fsp3) is 0.778. The zero-order valence-corrected chi connectivity index (χ0v) is 13.1. The molecular formula is C18H30. The van der Waals surface area contributed by atoms with Crippen LogP contribution in [-0.2, 0) is 0 Å². The van der Waals surface area contributed by atoms with Crippen LogP contribution >= 0.6 is 0 Å². The minimum Gasteiger partial charge on any atom is -0.0850 e. The first kappa shape index (κ1) is 13.9. The summed E-state index contributed by atoms with van der Waals surface area (Å²) in [5.74, 6) is 1.61. The molecule has 0 amide bonds. The molecule has 0 saturated carbocycles. The zero-order valence-electron chi connectivity index (χ0n) is 13.1. The molecule has 0 heterocycles. The highest BCUT2D eigenvalue weighted by molar-refractivity contribution is 5.33. The van der Waals surface area contributed by atoms with Crippen LogP contribution in [0.3, 0.4) is 0 Å². The van der Waals surface area contributed by atoms with E-state index < -0.39 is 0 Å². The Kier molecular flexibility index (Phi) is 3.51. The second-order valence-corrected chi connectivity index (χ2v) is 7.90. The van der Waals surface area contributed by atoms with Crippen LogP contribution in [0.2, 0.25) is 0 Å². The summed E-state index contributed by atoms with van der Waals surface area (Å²) >= 11 is 0. The van der Waals surface area contributed by atoms with Gasteiger partial charge in [-0.15, -0.1) is 0 Å². The highest BCUT2D eigenvalue weighted by Gasteiger charge is 2.39. The summed E-state index contributed by atoms with van der Waals surface area (Å²) in [4.78, 5) is 0. The van der Waals surface area contributed by atoms with Crippen molar-refractivity contribution in [3.05, 3.63) is 23.3 Å². The lowest BCUT2D eigenvalue weighted by molar-refractivity contribution is 0.203. The highest BCUT2D eigenvalue weighted by atomic mass is 14.4. The first-order chi connectivity index (χ1) is 8.26. The molecule has 0 heteroatoms. The number of hydrogen-bond acceptors (Lipinski definition) is 0. The van der Waals surface area contributed by atoms with Crippen molar-refractivity contribution in [2.45, 2.75) is 67.2 Å². The molecule has 0 aromatic carbocycles. The van der Waals surface area contributed by atoms with Crippen molar-refractivity contribution in [1.29, 1.82) is 0 Å². The number of allylic oxidation sites excluding steroid dienone is 4. The third-order valence-electron chi connectivity index (χ3n) is 5.38. The molecule has 1 unspecified atom stereocenters. The molecule has 102 valence electrons. The maximum absolute atomic E-state index is 2.53. The van der Waals surface area contributed by atoms with Crippen molar-refractivity contribution in [2.75, 3.05) is 0 Å². The minimum absolute atomic E-state index is 0.438. The average molecular weight is 246 g/mol. The predicted octanol–water partition coefficient (Wildman–Crippen LogP) is 5.75. The van der Waals surface area contributed by atoms with Gasteiger partial charge < -0.3 is 0 Å². The van der Waals surface area contributed by atoms with Gasteiger partial charge in [0.1, 0.15) is 0 Å². The Bertz CT molecular complexity index is 379. The Hall–Kier alpha value is -0.520. The fourth-order valence-corrected chi connectivity index (χ4v) is 3.56. The van der Waals surface area contributed by atoms with E-state index in [0.717, 1.165) is 11.8 Å². The summed E-state index contributed by atoms with van der Waals surface area (Å²) in [6.07, 6.45) is 10.1. The zero-order chi connectivity index (χ0) is 13.6. The lowest BCUT2D eigenvalue weighted by Gasteiger charge is -2.38. The summed E-state index contributed by atoms with van der Waals surface area (Å²) in [5.41, 5.74) is 4.32. The Labute approximate surface area is 114 Å². The molecule has 0 aromatic rings. The molecule has 0 aliphatic heterocycles. The van der Waals surface area contributed by atoms with E-state index in [4.69, 9.17) is 0 Å². The summed E-state index contributed by atoms with van der Waals surface area (Å²) in [6, 6.07) is 0. The summed E-state index contributed by atoms with van der Waals surface area (Å²) in [6.45, 7) is 14.4. The van der Waals surface area contributed by atoms with Crippen molar-refractivity contribution in [1.82, 2.24) is 0 Å². The maximum atomic E-state index is 2.53. The van der Waals surface area contributed by atoms with Gasteiger partial charge in [0, 0.05) is 5.92 Å². The minimum atomic E-state index is 0.438. The van der Waals surface area contributed by atoms with Gasteiger partial charge in [-0.25, -0.2) is 0 Å². The number of hydrogen-bond donors (Lipinski definition) is 0. The molecule has 0 spiro atoms. The lowest BCUT2D eigenvalue weighted by Crippen LogP contribution is -2.27. The van der Waals surface area contributed by atoms with E-state index in [1.54, 1.807) is 11.1 Å². The van der Waals surface area contributed by atoms with Gasteiger partial charge in [-0.3, -0.25) is 0 Å². The molecule has 0 radical (unpaired) electrons. The maximum Gasteiger partial charge on any atom is 0.00340 e. The van der Waals surface area contributed by atoms with Crippen LogP contribution in [0.4, 0.5) is 0 Å². The monoisotopic (exact) mass is 246 g/mol. The van der Waals surface area contributed by atoms with Gasteiger partial charge in [-0.1, -0.05) is 64.8 Å². The molecular weight excluding hydrogens is 216 g/mol. The SMILES string of the molecule is CCC1=CC1C(C)(C)CC1=CC[C@@H](C)C(C)(C)C1. The quantitative estimate of drug-likeness (QED) is 0.554. The van der Waals surface area contributed by atoms with Crippen molar-refractivity contribution in [3.63, 3.8) is 0 Å². The largest absolute Gasteiger partial charge is 0.0850 e. The van der Waals surface area contributed by atoms with Crippen LogP contribution in [0.15, 0.2) is 23.3 Å². The van der Waals surface area contributed by atoms with Crippen molar-refractivity contribution in [3.8, 4) is 0 Å². The average Bonchev–Trinajstić information content (AvgIpc) is 3.02. The van der Waals surface area contributed by atoms with Gasteiger partial charge in [0.25, 0.3) is 0 Å². The van der Waals surface area contributed by atoms with Gasteiger partial charge >= 0.3 is 0 Å². The normalized spacial score (nSPS) is 30.8. The third-order valence-corrected chi connectivity index (χ3v) is 5.38. The molecule has 2 aliphatic carbocycles. The van der Waals surface area contributed by atoms with Crippen molar-refractivity contribution < 1.29 is 0 Å². The molecule has 0 nitrogen and oxygen atoms in total. The summed E-state index contributed by atoms with van der Waals surface area (Å²) in [7, 11) is 0. The van der Waals surface area contributed by atoms with Gasteiger partial charge in [0.05, 0.1) is 0 Å². The van der Waals surface area contributed by atoms with Crippen LogP contribution in [0.25, 0.3) is 0 Å². The van der Waals surface area contributed by atoms with Gasteiger partial charge in [0.2, 0.25) is 0 Å². The molecule has 2 aliphatic rings. The summed E-state index contributed by atoms with van der Waals surface area (Å²) in [5, 5.41) is 0. The Morgan fingerprint density at radius 1 is 1.33 bits per heavy atom. The van der Waals surface area contributed by atoms with Crippen LogP contribution in [-0.4, -0.2) is 0 Å². The third kappa shape index (κ3) is 2.73. The summed E-state index contributed by atoms with van der Waals surface area (Å²) < 4.78 is 0. The van der Waals surface area contributed by atoms with E-state index in [1.165, 1.54) is 25.7 Å². The Morgan fingerprint density at radius 2 is 2.00 bits per heavy atom. The molecule has 2 atom stereocenters. The second-order valence-electron chi connectivity index (χ2n) is 7.90. The molecule has 2 rings (SSSR count). The van der Waals surface area contributed by atoms with E-state index in [9.17, 15) is 0 Å². The number of rotatable bonds is 4. The standard InChI is InChI=1S/C18H30/c1-7-15-10-16(15)18(5,6)12-14-9-8-13(2)17(3,4)11-14/h9-10,13,16H,7-8,11-12H2,1-6H3/t13-,16?/m1/s1. The highest BCUT2D eigenvalue weighted by Crippen LogP contribution is 2.51. The van der Waals surface area contributed by atoms with Crippen LogP contribution in [0, 0.1) is 22.7 Å². The van der Waals surface area contributed by atoms with E-state index in [1.807, 2.05) is 0 Å². The van der Waals surface area contributed by atoms with Crippen LogP contribution in [0.1, 0.15) is 67.2 Å². The Morgan fingerprint density at radius 3 is 2.50 bits per heavy atom. The van der Waals surface area contributed by atoms with Crippen LogP contribution in [0.5, 0.6) is 0 Å². The topological polar surface area (TPSA) is 0 Å². The van der Waals surface area contributed by atoms with E-state index in [2.05, 4.69) is 53.7 Å². The van der Waals surface area contributed by atoms with Gasteiger partial charge in [0.15, 0.2) is 0 Å². The molecule has 0 bridgehead atoms. The predicted molar refractivity (Wildman–Crippen MR) is 80.5 cm³/mol. The van der Waals surface area contributed by atoms with Gasteiger partial charge in [-0.2, -0.15) is 0 Å². The molecule has 0 saturated heterocycles. The molecule has 0 fully saturated rings. The lowest BCUT2D eigenvalue weighted by atomic mass is 9.67. The molecule has 18 heavy (non-hydrogen) atoms. The Balaban J connectivity index is 1.98. The molecule has 0 aromatic heterocycles. The van der Waals surface area contributed by atoms with Gasteiger partial charge in [-0.05, 0) is 42.4 Å². The van der Waals surface area contributed by atoms with E-state index >= 15 is 0 Å².